The van der Waals surface area contributed by atoms with Gasteiger partial charge in [-0.25, -0.2) is 15.0 Å². The minimum absolute atomic E-state index is 0.0761. The zero-order valence-corrected chi connectivity index (χ0v) is 17.7. The van der Waals surface area contributed by atoms with E-state index in [1.165, 1.54) is 13.4 Å². The number of amides is 2. The molecular formula is C21H26N6O3. The lowest BCUT2D eigenvalue weighted by atomic mass is 10.1. The van der Waals surface area contributed by atoms with Gasteiger partial charge in [0, 0.05) is 23.5 Å². The Morgan fingerprint density at radius 2 is 2.00 bits per heavy atom. The van der Waals surface area contributed by atoms with Crippen LogP contribution in [0.2, 0.25) is 0 Å². The summed E-state index contributed by atoms with van der Waals surface area (Å²) in [6.07, 6.45) is 3.96. The van der Waals surface area contributed by atoms with Gasteiger partial charge in [0.2, 0.25) is 0 Å². The Balaban J connectivity index is 1.99. The fourth-order valence-corrected chi connectivity index (χ4v) is 3.06. The Labute approximate surface area is 174 Å². The van der Waals surface area contributed by atoms with Crippen LogP contribution in [0.1, 0.15) is 52.1 Å². The molecule has 9 nitrogen and oxygen atoms in total. The Kier molecular flexibility index (Phi) is 6.31. The fourth-order valence-electron chi connectivity index (χ4n) is 3.06. The number of benzene rings is 1. The number of nitrogens with zero attached hydrogens (tertiary/aromatic N) is 3. The van der Waals surface area contributed by atoms with Gasteiger partial charge in [0.15, 0.2) is 5.82 Å². The lowest BCUT2D eigenvalue weighted by Gasteiger charge is -2.12. The predicted molar refractivity (Wildman–Crippen MR) is 114 cm³/mol. The number of aromatic nitrogens is 3. The minimum atomic E-state index is -0.351. The van der Waals surface area contributed by atoms with Gasteiger partial charge in [-0.05, 0) is 50.5 Å². The molecule has 9 heteroatoms. The first-order valence-corrected chi connectivity index (χ1v) is 9.70. The molecular weight excluding hydrogens is 384 g/mol. The van der Waals surface area contributed by atoms with E-state index in [0.717, 1.165) is 17.5 Å². The Bertz CT molecular complexity index is 1090. The van der Waals surface area contributed by atoms with Crippen molar-refractivity contribution >= 4 is 28.8 Å². The number of nitrogens with one attached hydrogen (secondary N) is 3. The first-order valence-electron chi connectivity index (χ1n) is 9.70. The van der Waals surface area contributed by atoms with Gasteiger partial charge in [0.25, 0.3) is 11.8 Å². The normalized spacial score (nSPS) is 11.9. The highest BCUT2D eigenvalue weighted by Gasteiger charge is 2.19. The van der Waals surface area contributed by atoms with Crippen LogP contribution >= 0.6 is 0 Å². The summed E-state index contributed by atoms with van der Waals surface area (Å²) < 4.78 is 1.63. The van der Waals surface area contributed by atoms with Gasteiger partial charge in [-0.15, -0.1) is 0 Å². The molecule has 0 radical (unpaired) electrons. The van der Waals surface area contributed by atoms with E-state index in [-0.39, 0.29) is 17.9 Å². The molecule has 0 bridgehead atoms. The van der Waals surface area contributed by atoms with Crippen LogP contribution in [0.25, 0.3) is 5.52 Å². The van der Waals surface area contributed by atoms with E-state index in [4.69, 9.17) is 4.84 Å². The van der Waals surface area contributed by atoms with Crippen molar-refractivity contribution in [1.82, 2.24) is 25.4 Å². The molecule has 0 saturated carbocycles. The van der Waals surface area contributed by atoms with Gasteiger partial charge >= 0.3 is 0 Å². The summed E-state index contributed by atoms with van der Waals surface area (Å²) in [5, 5.41) is 10.5. The lowest BCUT2D eigenvalue weighted by Crippen LogP contribution is -2.32. The molecule has 2 amide bonds. The van der Waals surface area contributed by atoms with Crippen LogP contribution in [0.5, 0.6) is 0 Å². The average Bonchev–Trinajstić information content (AvgIpc) is 3.07. The standard InChI is InChI=1S/C21H26N6O3/c1-6-13(3)24-21(29)16-10-27-18(14(16)4)19(22-11-23-27)25-17-9-15(8-7-12(17)2)20(28)26-30-5/h7-11,13H,6H2,1-5H3,(H,24,29)(H,26,28)(H,22,23,25)/t13-/m1/s1. The molecule has 0 saturated heterocycles. The third-order valence-corrected chi connectivity index (χ3v) is 5.01. The highest BCUT2D eigenvalue weighted by molar-refractivity contribution is 5.99. The Morgan fingerprint density at radius 1 is 1.23 bits per heavy atom. The molecule has 0 aliphatic heterocycles. The number of rotatable bonds is 7. The SMILES string of the molecule is CC[C@@H](C)NC(=O)c1cn2ncnc(Nc3cc(C(=O)NOC)ccc3C)c2c1C. The number of fused-ring (bicyclic) bond motifs is 1. The van der Waals surface area contributed by atoms with Gasteiger partial charge in [0.1, 0.15) is 11.8 Å². The molecule has 30 heavy (non-hydrogen) atoms. The molecule has 0 spiro atoms. The van der Waals surface area contributed by atoms with Gasteiger partial charge in [-0.3, -0.25) is 14.4 Å². The highest BCUT2D eigenvalue weighted by Crippen LogP contribution is 2.27. The summed E-state index contributed by atoms with van der Waals surface area (Å²) in [4.78, 5) is 33.8. The Morgan fingerprint density at radius 3 is 2.70 bits per heavy atom. The van der Waals surface area contributed by atoms with Crippen molar-refractivity contribution in [2.24, 2.45) is 0 Å². The van der Waals surface area contributed by atoms with Crippen LogP contribution in [0.15, 0.2) is 30.7 Å². The predicted octanol–water partition coefficient (Wildman–Crippen LogP) is 2.91. The van der Waals surface area contributed by atoms with Crippen molar-refractivity contribution in [3.05, 3.63) is 53.0 Å². The van der Waals surface area contributed by atoms with E-state index >= 15 is 0 Å². The van der Waals surface area contributed by atoms with Crippen LogP contribution in [0, 0.1) is 13.8 Å². The molecule has 3 rings (SSSR count). The van der Waals surface area contributed by atoms with Crippen molar-refractivity contribution in [3.8, 4) is 0 Å². The minimum Gasteiger partial charge on any atom is -0.350 e. The summed E-state index contributed by atoms with van der Waals surface area (Å²) in [5.41, 5.74) is 6.40. The van der Waals surface area contributed by atoms with Crippen LogP contribution in [-0.4, -0.2) is 39.6 Å². The van der Waals surface area contributed by atoms with E-state index in [1.54, 1.807) is 22.8 Å². The van der Waals surface area contributed by atoms with Gasteiger partial charge in [0.05, 0.1) is 12.7 Å². The van der Waals surface area contributed by atoms with Gasteiger partial charge in [-0.2, -0.15) is 5.10 Å². The second-order valence-electron chi connectivity index (χ2n) is 7.14. The summed E-state index contributed by atoms with van der Waals surface area (Å²) in [6, 6.07) is 5.34. The molecule has 0 aliphatic rings. The second-order valence-corrected chi connectivity index (χ2v) is 7.14. The molecule has 0 aliphatic carbocycles. The quantitative estimate of drug-likeness (QED) is 0.517. The molecule has 158 valence electrons. The maximum Gasteiger partial charge on any atom is 0.274 e. The van der Waals surface area contributed by atoms with Crippen molar-refractivity contribution in [1.29, 1.82) is 0 Å². The van der Waals surface area contributed by atoms with Crippen LogP contribution in [0.3, 0.4) is 0 Å². The molecule has 1 aromatic carbocycles. The number of hydrogen-bond acceptors (Lipinski definition) is 6. The number of carbonyl (C=O) groups is 2. The van der Waals surface area contributed by atoms with E-state index < -0.39 is 0 Å². The first-order chi connectivity index (χ1) is 14.3. The highest BCUT2D eigenvalue weighted by atomic mass is 16.6. The lowest BCUT2D eigenvalue weighted by molar-refractivity contribution is 0.0537. The monoisotopic (exact) mass is 410 g/mol. The van der Waals surface area contributed by atoms with Crippen LogP contribution in [0.4, 0.5) is 11.5 Å². The van der Waals surface area contributed by atoms with Gasteiger partial charge < -0.3 is 10.6 Å². The second kappa shape index (κ2) is 8.91. The van der Waals surface area contributed by atoms with Crippen LogP contribution < -0.4 is 16.1 Å². The molecule has 1 atom stereocenters. The third-order valence-electron chi connectivity index (χ3n) is 5.01. The zero-order valence-electron chi connectivity index (χ0n) is 17.7. The van der Waals surface area contributed by atoms with E-state index in [2.05, 4.69) is 26.2 Å². The fraction of sp³-hybridized carbons (Fsp3) is 0.333. The molecule has 3 aromatic rings. The third kappa shape index (κ3) is 4.25. The van der Waals surface area contributed by atoms with E-state index in [9.17, 15) is 9.59 Å². The number of aryl methyl sites for hydroxylation is 2. The van der Waals surface area contributed by atoms with Crippen molar-refractivity contribution in [2.75, 3.05) is 12.4 Å². The Hall–Kier alpha value is -3.46. The van der Waals surface area contributed by atoms with Crippen LogP contribution in [-0.2, 0) is 4.84 Å². The summed E-state index contributed by atoms with van der Waals surface area (Å²) >= 11 is 0. The molecule has 0 unspecified atom stereocenters. The van der Waals surface area contributed by atoms with Gasteiger partial charge in [-0.1, -0.05) is 13.0 Å². The van der Waals surface area contributed by atoms with E-state index in [0.29, 0.717) is 28.1 Å². The molecule has 2 aromatic heterocycles. The number of carbonyl (C=O) groups excluding carboxylic acids is 2. The topological polar surface area (TPSA) is 110 Å². The van der Waals surface area contributed by atoms with E-state index in [1.807, 2.05) is 33.8 Å². The molecule has 3 N–H and O–H groups in total. The first kappa shape index (κ1) is 21.3. The van der Waals surface area contributed by atoms with Crippen molar-refractivity contribution < 1.29 is 14.4 Å². The average molecular weight is 410 g/mol. The van der Waals surface area contributed by atoms with Crippen molar-refractivity contribution in [3.63, 3.8) is 0 Å². The van der Waals surface area contributed by atoms with Crippen molar-refractivity contribution in [2.45, 2.75) is 40.2 Å². The smallest absolute Gasteiger partial charge is 0.274 e. The summed E-state index contributed by atoms with van der Waals surface area (Å²) in [7, 11) is 1.38. The largest absolute Gasteiger partial charge is 0.350 e. The zero-order chi connectivity index (χ0) is 21.8. The maximum absolute atomic E-state index is 12.7. The number of hydrogen-bond donors (Lipinski definition) is 3. The number of hydroxylamine groups is 1. The number of anilines is 2. The summed E-state index contributed by atoms with van der Waals surface area (Å²) in [5.74, 6) is 0.0430. The maximum atomic E-state index is 12.7. The molecule has 0 fully saturated rings. The summed E-state index contributed by atoms with van der Waals surface area (Å²) in [6.45, 7) is 7.77. The molecule has 2 heterocycles.